The van der Waals surface area contributed by atoms with E-state index in [1.54, 1.807) is 22.3 Å². The number of amidine groups is 1. The molecule has 0 atom stereocenters. The van der Waals surface area contributed by atoms with E-state index in [0.29, 0.717) is 15.8 Å². The molecule has 5 nitrogen and oxygen atoms in total. The first-order valence-electron chi connectivity index (χ1n) is 10.8. The third-order valence-electron chi connectivity index (χ3n) is 5.14. The molecular formula is C27H17N3O2S3. The van der Waals surface area contributed by atoms with Gasteiger partial charge in [-0.3, -0.25) is 9.69 Å². The number of benzene rings is 3. The van der Waals surface area contributed by atoms with Crippen LogP contribution in [0.5, 0.6) is 0 Å². The number of aromatic nitrogens is 1. The van der Waals surface area contributed by atoms with E-state index in [1.165, 1.54) is 23.5 Å². The number of para-hydroxylation sites is 3. The van der Waals surface area contributed by atoms with Crippen molar-refractivity contribution < 1.29 is 9.21 Å². The predicted molar refractivity (Wildman–Crippen MR) is 145 cm³/mol. The fraction of sp³-hybridized carbons (Fsp3) is 0. The zero-order valence-corrected chi connectivity index (χ0v) is 20.6. The number of amides is 1. The molecule has 8 heteroatoms. The standard InChI is InChI=1S/C27H17N3O2S3/c31-25-23(17-20-15-16-24(32-20)35-27-29-21-13-7-8-14-22(21)34-27)33-26(28-18-9-3-1-4-10-18)30(25)19-11-5-2-6-12-19/h1-17H/b23-17-,28-26?. The van der Waals surface area contributed by atoms with E-state index >= 15 is 0 Å². The van der Waals surface area contributed by atoms with Crippen molar-refractivity contribution >= 4 is 73.6 Å². The van der Waals surface area contributed by atoms with Crippen LogP contribution in [0.15, 0.2) is 121 Å². The number of thioether (sulfide) groups is 1. The number of nitrogens with zero attached hydrogens (tertiary/aromatic N) is 3. The zero-order chi connectivity index (χ0) is 23.6. The Balaban J connectivity index is 1.29. The Hall–Kier alpha value is -3.59. The van der Waals surface area contributed by atoms with E-state index in [9.17, 15) is 4.79 Å². The Kier molecular flexibility index (Phi) is 5.99. The van der Waals surface area contributed by atoms with Crippen LogP contribution >= 0.6 is 34.9 Å². The summed E-state index contributed by atoms with van der Waals surface area (Å²) in [5.41, 5.74) is 2.54. The minimum atomic E-state index is -0.132. The van der Waals surface area contributed by atoms with Crippen LogP contribution in [-0.4, -0.2) is 16.1 Å². The average molecular weight is 512 g/mol. The minimum absolute atomic E-state index is 0.132. The smallest absolute Gasteiger partial charge is 0.271 e. The normalized spacial score (nSPS) is 16.1. The molecule has 1 fully saturated rings. The molecule has 0 bridgehead atoms. The molecule has 0 saturated carbocycles. The van der Waals surface area contributed by atoms with Gasteiger partial charge in [0.05, 0.1) is 26.5 Å². The zero-order valence-electron chi connectivity index (χ0n) is 18.2. The fourth-order valence-corrected chi connectivity index (χ4v) is 6.49. The van der Waals surface area contributed by atoms with E-state index in [2.05, 4.69) is 11.1 Å². The molecule has 0 spiro atoms. The van der Waals surface area contributed by atoms with Crippen molar-refractivity contribution in [2.45, 2.75) is 9.43 Å². The van der Waals surface area contributed by atoms with Crippen molar-refractivity contribution in [3.8, 4) is 0 Å². The van der Waals surface area contributed by atoms with Crippen LogP contribution < -0.4 is 4.90 Å². The van der Waals surface area contributed by atoms with Gasteiger partial charge in [-0.2, -0.15) is 0 Å². The third kappa shape index (κ3) is 4.68. The van der Waals surface area contributed by atoms with Gasteiger partial charge in [-0.25, -0.2) is 9.98 Å². The third-order valence-corrected chi connectivity index (χ3v) is 8.13. The maximum atomic E-state index is 13.4. The van der Waals surface area contributed by atoms with Gasteiger partial charge in [0, 0.05) is 6.08 Å². The first-order valence-corrected chi connectivity index (χ1v) is 13.2. The summed E-state index contributed by atoms with van der Waals surface area (Å²) in [6.45, 7) is 0. The SMILES string of the molecule is O=C1/C(=C/c2ccc(Sc3nc4ccccc4s3)o2)SC(=Nc2ccccc2)N1c1ccccc1. The number of hydrogen-bond acceptors (Lipinski definition) is 7. The Morgan fingerprint density at radius 1 is 0.886 bits per heavy atom. The van der Waals surface area contributed by atoms with Gasteiger partial charge in [-0.1, -0.05) is 48.5 Å². The number of rotatable bonds is 5. The van der Waals surface area contributed by atoms with Crippen LogP contribution in [0.1, 0.15) is 5.76 Å². The highest BCUT2D eigenvalue weighted by molar-refractivity contribution is 8.19. The molecule has 2 aromatic heterocycles. The van der Waals surface area contributed by atoms with E-state index in [0.717, 1.165) is 31.0 Å². The Morgan fingerprint density at radius 2 is 1.63 bits per heavy atom. The lowest BCUT2D eigenvalue weighted by molar-refractivity contribution is -0.113. The summed E-state index contributed by atoms with van der Waals surface area (Å²) < 4.78 is 8.07. The van der Waals surface area contributed by atoms with Gasteiger partial charge in [-0.15, -0.1) is 11.3 Å². The number of fused-ring (bicyclic) bond motifs is 1. The lowest BCUT2D eigenvalue weighted by atomic mass is 10.3. The summed E-state index contributed by atoms with van der Waals surface area (Å²) in [5.74, 6) is 0.478. The van der Waals surface area contributed by atoms with Gasteiger partial charge in [0.25, 0.3) is 5.91 Å². The molecule has 1 amide bonds. The predicted octanol–water partition coefficient (Wildman–Crippen LogP) is 7.85. The highest BCUT2D eigenvalue weighted by Gasteiger charge is 2.35. The van der Waals surface area contributed by atoms with Crippen molar-refractivity contribution in [1.82, 2.24) is 4.98 Å². The Bertz CT molecular complexity index is 1540. The van der Waals surface area contributed by atoms with Crippen LogP contribution in [0, 0.1) is 0 Å². The second-order valence-corrected chi connectivity index (χ2v) is 10.8. The van der Waals surface area contributed by atoms with E-state index in [4.69, 9.17) is 9.41 Å². The number of aliphatic imine (C=N–C) groups is 1. The maximum Gasteiger partial charge on any atom is 0.271 e. The molecule has 1 saturated heterocycles. The fourth-order valence-electron chi connectivity index (χ4n) is 3.54. The molecule has 6 rings (SSSR count). The molecular weight excluding hydrogens is 495 g/mol. The van der Waals surface area contributed by atoms with Crippen molar-refractivity contribution in [3.63, 3.8) is 0 Å². The van der Waals surface area contributed by atoms with Crippen LogP contribution in [-0.2, 0) is 4.79 Å². The van der Waals surface area contributed by atoms with Gasteiger partial charge in [0.15, 0.2) is 14.6 Å². The number of furan rings is 1. The quantitative estimate of drug-likeness (QED) is 0.225. The number of carbonyl (C=O) groups excluding carboxylic acids is 1. The molecule has 0 unspecified atom stereocenters. The monoisotopic (exact) mass is 511 g/mol. The number of thiazole rings is 1. The van der Waals surface area contributed by atoms with Crippen molar-refractivity contribution in [2.75, 3.05) is 4.90 Å². The molecule has 3 aromatic carbocycles. The van der Waals surface area contributed by atoms with Gasteiger partial charge in [0.1, 0.15) is 5.76 Å². The second-order valence-electron chi connectivity index (χ2n) is 7.52. The second kappa shape index (κ2) is 9.58. The molecule has 0 N–H and O–H groups in total. The Morgan fingerprint density at radius 3 is 2.43 bits per heavy atom. The summed E-state index contributed by atoms with van der Waals surface area (Å²) in [6.07, 6.45) is 1.78. The van der Waals surface area contributed by atoms with E-state index in [1.807, 2.05) is 91.0 Å². The molecule has 1 aliphatic heterocycles. The van der Waals surface area contributed by atoms with Gasteiger partial charge in [0.2, 0.25) is 0 Å². The molecule has 0 radical (unpaired) electrons. The van der Waals surface area contributed by atoms with Gasteiger partial charge >= 0.3 is 0 Å². The maximum absolute atomic E-state index is 13.4. The number of anilines is 1. The van der Waals surface area contributed by atoms with Crippen LogP contribution in [0.2, 0.25) is 0 Å². The average Bonchev–Trinajstić information content (AvgIpc) is 3.58. The first-order chi connectivity index (χ1) is 17.2. The van der Waals surface area contributed by atoms with Crippen LogP contribution in [0.4, 0.5) is 11.4 Å². The van der Waals surface area contributed by atoms with Crippen molar-refractivity contribution in [1.29, 1.82) is 0 Å². The molecule has 35 heavy (non-hydrogen) atoms. The molecule has 0 aliphatic carbocycles. The lowest BCUT2D eigenvalue weighted by Crippen LogP contribution is -2.28. The summed E-state index contributed by atoms with van der Waals surface area (Å²) in [6, 6.07) is 31.0. The minimum Gasteiger partial charge on any atom is -0.450 e. The molecule has 170 valence electrons. The number of carbonyl (C=O) groups is 1. The first kappa shape index (κ1) is 21.9. The highest BCUT2D eigenvalue weighted by Crippen LogP contribution is 2.39. The summed E-state index contributed by atoms with van der Waals surface area (Å²) in [7, 11) is 0. The number of hydrogen-bond donors (Lipinski definition) is 0. The van der Waals surface area contributed by atoms with Crippen LogP contribution in [0.25, 0.3) is 16.3 Å². The topological polar surface area (TPSA) is 58.7 Å². The summed E-state index contributed by atoms with van der Waals surface area (Å²) in [5, 5.41) is 1.33. The lowest BCUT2D eigenvalue weighted by Gasteiger charge is -2.15. The molecule has 5 aromatic rings. The van der Waals surface area contributed by atoms with Crippen molar-refractivity contribution in [2.24, 2.45) is 4.99 Å². The largest absolute Gasteiger partial charge is 0.450 e. The molecule has 1 aliphatic rings. The van der Waals surface area contributed by atoms with E-state index in [-0.39, 0.29) is 5.91 Å². The van der Waals surface area contributed by atoms with Crippen molar-refractivity contribution in [3.05, 3.63) is 108 Å². The van der Waals surface area contributed by atoms with Gasteiger partial charge < -0.3 is 4.42 Å². The highest BCUT2D eigenvalue weighted by atomic mass is 32.2. The van der Waals surface area contributed by atoms with Gasteiger partial charge in [-0.05, 0) is 72.1 Å². The van der Waals surface area contributed by atoms with Crippen LogP contribution in [0.3, 0.4) is 0 Å². The summed E-state index contributed by atoms with van der Waals surface area (Å²) >= 11 is 4.45. The summed E-state index contributed by atoms with van der Waals surface area (Å²) in [4.78, 5) is 25.0. The van der Waals surface area contributed by atoms with E-state index < -0.39 is 0 Å². The molecule has 3 heterocycles. The Labute approximate surface area is 214 Å².